The second-order valence-electron chi connectivity index (χ2n) is 11.1. The number of pyridine rings is 1. The molecule has 0 fully saturated rings. The van der Waals surface area contributed by atoms with Gasteiger partial charge in [-0.1, -0.05) is 146 Å². The van der Waals surface area contributed by atoms with Crippen LogP contribution in [0.2, 0.25) is 0 Å². The standard InChI is InChI=1S/C42H26N2O/c1-43-35-24-21-29(22-25-35)28-13-17-31(18-14-28)36-9-5-11-38-39-12-6-10-37(42(39)45-41(36)38)32-19-15-30(16-20-32)34-23-26-40(44-27-34)33-7-3-2-4-8-33/h2-27H. The highest BCUT2D eigenvalue weighted by Crippen LogP contribution is 2.40. The molecule has 8 aromatic rings. The molecule has 0 radical (unpaired) electrons. The van der Waals surface area contributed by atoms with Gasteiger partial charge in [0, 0.05) is 39.2 Å². The van der Waals surface area contributed by atoms with Gasteiger partial charge in [0.25, 0.3) is 0 Å². The SMILES string of the molecule is [C-]#[N+]c1ccc(-c2ccc(-c3cccc4c3oc3c(-c5ccc(-c6ccc(-c7ccccc7)nc6)cc5)cccc34)cc2)cc1. The molecule has 0 aliphatic carbocycles. The highest BCUT2D eigenvalue weighted by Gasteiger charge is 2.16. The van der Waals surface area contributed by atoms with Gasteiger partial charge in [-0.15, -0.1) is 0 Å². The van der Waals surface area contributed by atoms with E-state index in [9.17, 15) is 0 Å². The van der Waals surface area contributed by atoms with Gasteiger partial charge in [-0.2, -0.15) is 0 Å². The van der Waals surface area contributed by atoms with Gasteiger partial charge in [-0.3, -0.25) is 4.98 Å². The van der Waals surface area contributed by atoms with Crippen LogP contribution in [0.25, 0.3) is 82.5 Å². The maximum Gasteiger partial charge on any atom is 0.187 e. The molecule has 0 spiro atoms. The summed E-state index contributed by atoms with van der Waals surface area (Å²) in [6, 6.07) is 52.0. The topological polar surface area (TPSA) is 30.4 Å². The average molecular weight is 575 g/mol. The Balaban J connectivity index is 1.12. The second-order valence-corrected chi connectivity index (χ2v) is 11.1. The zero-order chi connectivity index (χ0) is 30.2. The van der Waals surface area contributed by atoms with E-state index in [0.29, 0.717) is 5.69 Å². The van der Waals surface area contributed by atoms with Crippen molar-refractivity contribution in [1.29, 1.82) is 0 Å². The van der Waals surface area contributed by atoms with E-state index in [1.807, 2.05) is 48.7 Å². The largest absolute Gasteiger partial charge is 0.455 e. The summed E-state index contributed by atoms with van der Waals surface area (Å²) in [4.78, 5) is 8.20. The fourth-order valence-electron chi connectivity index (χ4n) is 6.03. The molecular formula is C42H26N2O. The molecule has 2 aromatic heterocycles. The van der Waals surface area contributed by atoms with Crippen molar-refractivity contribution in [1.82, 2.24) is 4.98 Å². The van der Waals surface area contributed by atoms with Crippen molar-refractivity contribution in [3.05, 3.63) is 169 Å². The Kier molecular flexibility index (Phi) is 6.52. The molecule has 0 aliphatic rings. The second kappa shape index (κ2) is 11.1. The Hall–Kier alpha value is -6.24. The van der Waals surface area contributed by atoms with Crippen molar-refractivity contribution >= 4 is 27.6 Å². The minimum Gasteiger partial charge on any atom is -0.455 e. The molecule has 0 amide bonds. The Labute approximate surface area is 261 Å². The highest BCUT2D eigenvalue weighted by molar-refractivity contribution is 6.13. The molecule has 0 N–H and O–H groups in total. The number of hydrogen-bond acceptors (Lipinski definition) is 2. The number of fused-ring (bicyclic) bond motifs is 3. The molecule has 2 heterocycles. The Morgan fingerprint density at radius 3 is 1.42 bits per heavy atom. The lowest BCUT2D eigenvalue weighted by Gasteiger charge is -2.07. The maximum atomic E-state index is 7.19. The van der Waals surface area contributed by atoms with Gasteiger partial charge in [0.2, 0.25) is 0 Å². The number of hydrogen-bond donors (Lipinski definition) is 0. The van der Waals surface area contributed by atoms with E-state index < -0.39 is 0 Å². The molecule has 8 rings (SSSR count). The first-order chi connectivity index (χ1) is 22.2. The third-order valence-electron chi connectivity index (χ3n) is 8.41. The summed E-state index contributed by atoms with van der Waals surface area (Å²) in [5, 5.41) is 2.20. The van der Waals surface area contributed by atoms with Crippen molar-refractivity contribution in [3.63, 3.8) is 0 Å². The minimum atomic E-state index is 0.647. The molecule has 3 nitrogen and oxygen atoms in total. The lowest BCUT2D eigenvalue weighted by molar-refractivity contribution is 0.671. The summed E-state index contributed by atoms with van der Waals surface area (Å²) >= 11 is 0. The van der Waals surface area contributed by atoms with E-state index >= 15 is 0 Å². The van der Waals surface area contributed by atoms with Crippen LogP contribution in [0, 0.1) is 6.57 Å². The van der Waals surface area contributed by atoms with Crippen LogP contribution in [-0.2, 0) is 0 Å². The van der Waals surface area contributed by atoms with Gasteiger partial charge < -0.3 is 4.42 Å². The smallest absolute Gasteiger partial charge is 0.187 e. The zero-order valence-corrected chi connectivity index (χ0v) is 24.3. The Bertz CT molecular complexity index is 2330. The van der Waals surface area contributed by atoms with Crippen LogP contribution >= 0.6 is 0 Å². The number of nitrogens with zero attached hydrogens (tertiary/aromatic N) is 2. The van der Waals surface area contributed by atoms with E-state index in [1.165, 1.54) is 0 Å². The molecule has 210 valence electrons. The molecule has 0 saturated carbocycles. The van der Waals surface area contributed by atoms with Crippen molar-refractivity contribution in [3.8, 4) is 55.8 Å². The monoisotopic (exact) mass is 574 g/mol. The summed E-state index contributed by atoms with van der Waals surface area (Å²) in [6.07, 6.45) is 1.94. The number of para-hydroxylation sites is 2. The van der Waals surface area contributed by atoms with Gasteiger partial charge in [-0.25, -0.2) is 4.85 Å². The Morgan fingerprint density at radius 2 is 0.911 bits per heavy atom. The van der Waals surface area contributed by atoms with Crippen LogP contribution in [0.3, 0.4) is 0 Å². The van der Waals surface area contributed by atoms with Gasteiger partial charge >= 0.3 is 0 Å². The third-order valence-corrected chi connectivity index (χ3v) is 8.41. The van der Waals surface area contributed by atoms with Crippen LogP contribution in [0.4, 0.5) is 5.69 Å². The minimum absolute atomic E-state index is 0.647. The lowest BCUT2D eigenvalue weighted by Crippen LogP contribution is -1.85. The molecule has 0 unspecified atom stereocenters. The molecule has 0 bridgehead atoms. The van der Waals surface area contributed by atoms with Gasteiger partial charge in [0.05, 0.1) is 12.3 Å². The summed E-state index contributed by atoms with van der Waals surface area (Å²) in [5.41, 5.74) is 13.2. The quantitative estimate of drug-likeness (QED) is 0.191. The molecule has 3 heteroatoms. The summed E-state index contributed by atoms with van der Waals surface area (Å²) in [6.45, 7) is 7.19. The molecule has 0 aliphatic heterocycles. The van der Waals surface area contributed by atoms with Crippen molar-refractivity contribution in [2.24, 2.45) is 0 Å². The van der Waals surface area contributed by atoms with Gasteiger partial charge in [-0.05, 0) is 33.9 Å². The van der Waals surface area contributed by atoms with E-state index in [-0.39, 0.29) is 0 Å². The first kappa shape index (κ1) is 26.4. The summed E-state index contributed by atoms with van der Waals surface area (Å²) in [5.74, 6) is 0. The van der Waals surface area contributed by atoms with E-state index in [0.717, 1.165) is 77.7 Å². The van der Waals surface area contributed by atoms with E-state index in [1.54, 1.807) is 0 Å². The fraction of sp³-hybridized carbons (Fsp3) is 0. The first-order valence-corrected chi connectivity index (χ1v) is 14.9. The number of aromatic nitrogens is 1. The zero-order valence-electron chi connectivity index (χ0n) is 24.3. The van der Waals surface area contributed by atoms with E-state index in [4.69, 9.17) is 16.0 Å². The van der Waals surface area contributed by atoms with Crippen molar-refractivity contribution in [2.75, 3.05) is 0 Å². The lowest BCUT2D eigenvalue weighted by atomic mass is 9.97. The molecule has 45 heavy (non-hydrogen) atoms. The fourth-order valence-corrected chi connectivity index (χ4v) is 6.03. The van der Waals surface area contributed by atoms with Crippen LogP contribution in [-0.4, -0.2) is 4.98 Å². The maximum absolute atomic E-state index is 7.19. The Morgan fingerprint density at radius 1 is 0.422 bits per heavy atom. The van der Waals surface area contributed by atoms with Crippen molar-refractivity contribution < 1.29 is 4.42 Å². The third kappa shape index (κ3) is 4.85. The van der Waals surface area contributed by atoms with E-state index in [2.05, 4.69) is 114 Å². The van der Waals surface area contributed by atoms with Gasteiger partial charge in [0.1, 0.15) is 11.2 Å². The van der Waals surface area contributed by atoms with Crippen LogP contribution in [0.1, 0.15) is 0 Å². The molecule has 0 saturated heterocycles. The summed E-state index contributed by atoms with van der Waals surface area (Å²) in [7, 11) is 0. The number of rotatable bonds is 5. The van der Waals surface area contributed by atoms with Crippen LogP contribution < -0.4 is 0 Å². The number of benzene rings is 6. The molecular weight excluding hydrogens is 548 g/mol. The predicted molar refractivity (Wildman–Crippen MR) is 185 cm³/mol. The normalized spacial score (nSPS) is 11.1. The van der Waals surface area contributed by atoms with Crippen LogP contribution in [0.15, 0.2) is 162 Å². The first-order valence-electron chi connectivity index (χ1n) is 14.9. The highest BCUT2D eigenvalue weighted by atomic mass is 16.3. The molecule has 0 atom stereocenters. The average Bonchev–Trinajstić information content (AvgIpc) is 3.52. The summed E-state index contributed by atoms with van der Waals surface area (Å²) < 4.78 is 6.70. The van der Waals surface area contributed by atoms with Gasteiger partial charge in [0.15, 0.2) is 5.69 Å². The number of furan rings is 1. The predicted octanol–water partition coefficient (Wildman–Crippen LogP) is 11.9. The van der Waals surface area contributed by atoms with Crippen molar-refractivity contribution in [2.45, 2.75) is 0 Å². The van der Waals surface area contributed by atoms with Crippen LogP contribution in [0.5, 0.6) is 0 Å². The molecule has 6 aromatic carbocycles.